The van der Waals surface area contributed by atoms with E-state index < -0.39 is 9.84 Å². The first kappa shape index (κ1) is 28.2. The highest BCUT2D eigenvalue weighted by Gasteiger charge is 2.24. The van der Waals surface area contributed by atoms with Crippen molar-refractivity contribution in [2.45, 2.75) is 64.0 Å². The fourth-order valence-corrected chi connectivity index (χ4v) is 6.64. The highest BCUT2D eigenvalue weighted by Crippen LogP contribution is 2.32. The second-order valence-corrected chi connectivity index (χ2v) is 13.3. The van der Waals surface area contributed by atoms with Gasteiger partial charge in [-0.15, -0.1) is 0 Å². The summed E-state index contributed by atoms with van der Waals surface area (Å²) in [7, 11) is -2.99. The Balaban J connectivity index is 1.36. The zero-order valence-electron chi connectivity index (χ0n) is 21.7. The van der Waals surface area contributed by atoms with Gasteiger partial charge in [0.2, 0.25) is 0 Å². The Morgan fingerprint density at radius 3 is 2.57 bits per heavy atom. The van der Waals surface area contributed by atoms with E-state index in [1.165, 1.54) is 12.3 Å². The molecule has 0 radical (unpaired) electrons. The lowest BCUT2D eigenvalue weighted by molar-refractivity contribution is 0.0699. The van der Waals surface area contributed by atoms with Gasteiger partial charge in [-0.1, -0.05) is 11.6 Å². The lowest BCUT2D eigenvalue weighted by Gasteiger charge is -2.31. The third kappa shape index (κ3) is 8.60. The normalized spacial score (nSPS) is 22.1. The number of ether oxygens (including phenoxy) is 1. The molecule has 4 rings (SSSR count). The summed E-state index contributed by atoms with van der Waals surface area (Å²) < 4.78 is 43.0. The first-order valence-corrected chi connectivity index (χ1v) is 15.7. The van der Waals surface area contributed by atoms with Crippen LogP contribution in [0.15, 0.2) is 24.4 Å². The number of nitrogens with zero attached hydrogens (tertiary/aromatic N) is 2. The molecule has 204 valence electrons. The number of nitrogens with one attached hydrogen (secondary N) is 2. The number of sulfone groups is 1. The van der Waals surface area contributed by atoms with Crippen LogP contribution < -0.4 is 10.6 Å². The third-order valence-corrected chi connectivity index (χ3v) is 8.76. The molecule has 0 spiro atoms. The standard InChI is InChI=1S/C27H38ClFN4O3S/c1-18(17-37(2,34)35)32-21-5-3-19(4-6-21)13-22-14-23(24(28)16-30-22)26-8-7-25(29)27(33-26)31-15-20-9-11-36-12-10-20/h7-8,14,16,18-21,32H,3-6,9-13,15,17H2,1-2H3,(H,31,33)/t18-,19?,21?/m0/s1. The molecule has 2 fully saturated rings. The topological polar surface area (TPSA) is 93.2 Å². The SMILES string of the molecule is C[C@@H](CS(C)(=O)=O)NC1CCC(Cc2cc(-c3ccc(F)c(NCC4CCOCC4)n3)c(Cl)cn2)CC1. The summed E-state index contributed by atoms with van der Waals surface area (Å²) in [6, 6.07) is 5.37. The van der Waals surface area contributed by atoms with Crippen LogP contribution in [0.5, 0.6) is 0 Å². The molecule has 10 heteroatoms. The zero-order chi connectivity index (χ0) is 26.4. The second kappa shape index (κ2) is 12.8. The maximum Gasteiger partial charge on any atom is 0.165 e. The molecular weight excluding hydrogens is 515 g/mol. The Bertz CT molecular complexity index is 1150. The van der Waals surface area contributed by atoms with Crippen LogP contribution in [-0.4, -0.2) is 62.2 Å². The van der Waals surface area contributed by atoms with Crippen molar-refractivity contribution in [2.75, 3.05) is 37.1 Å². The molecule has 0 aromatic carbocycles. The Labute approximate surface area is 224 Å². The highest BCUT2D eigenvalue weighted by molar-refractivity contribution is 7.90. The van der Waals surface area contributed by atoms with Gasteiger partial charge in [-0.25, -0.2) is 17.8 Å². The molecule has 3 heterocycles. The first-order chi connectivity index (χ1) is 17.7. The molecule has 2 N–H and O–H groups in total. The minimum Gasteiger partial charge on any atom is -0.381 e. The molecule has 1 saturated heterocycles. The van der Waals surface area contributed by atoms with Crippen LogP contribution in [0.25, 0.3) is 11.3 Å². The number of hydrogen-bond acceptors (Lipinski definition) is 7. The minimum atomic E-state index is -2.99. The first-order valence-electron chi connectivity index (χ1n) is 13.2. The number of aromatic nitrogens is 2. The van der Waals surface area contributed by atoms with Gasteiger partial charge in [0.15, 0.2) is 11.6 Å². The molecule has 37 heavy (non-hydrogen) atoms. The van der Waals surface area contributed by atoms with Crippen molar-refractivity contribution in [1.82, 2.24) is 15.3 Å². The van der Waals surface area contributed by atoms with E-state index in [1.54, 1.807) is 12.3 Å². The summed E-state index contributed by atoms with van der Waals surface area (Å²) in [6.07, 6.45) is 9.84. The largest absolute Gasteiger partial charge is 0.381 e. The van der Waals surface area contributed by atoms with E-state index >= 15 is 0 Å². The van der Waals surface area contributed by atoms with Crippen LogP contribution >= 0.6 is 11.6 Å². The average molecular weight is 553 g/mol. The predicted octanol–water partition coefficient (Wildman–Crippen LogP) is 4.90. The van der Waals surface area contributed by atoms with Crippen LogP contribution in [0.3, 0.4) is 0 Å². The van der Waals surface area contributed by atoms with Crippen molar-refractivity contribution < 1.29 is 17.5 Å². The number of pyridine rings is 2. The molecule has 0 unspecified atom stereocenters. The molecule has 1 atom stereocenters. The quantitative estimate of drug-likeness (QED) is 0.433. The predicted molar refractivity (Wildman–Crippen MR) is 146 cm³/mol. The summed E-state index contributed by atoms with van der Waals surface area (Å²) in [6.45, 7) is 4.09. The van der Waals surface area contributed by atoms with Gasteiger partial charge in [-0.2, -0.15) is 0 Å². The van der Waals surface area contributed by atoms with E-state index in [-0.39, 0.29) is 23.4 Å². The molecule has 7 nitrogen and oxygen atoms in total. The molecule has 0 amide bonds. The summed E-state index contributed by atoms with van der Waals surface area (Å²) in [5.41, 5.74) is 2.33. The number of anilines is 1. The van der Waals surface area contributed by atoms with Crippen molar-refractivity contribution in [3.8, 4) is 11.3 Å². The van der Waals surface area contributed by atoms with E-state index in [2.05, 4.69) is 20.6 Å². The van der Waals surface area contributed by atoms with Gasteiger partial charge in [-0.3, -0.25) is 4.98 Å². The third-order valence-electron chi connectivity index (χ3n) is 7.35. The molecule has 2 aromatic heterocycles. The molecule has 1 aliphatic carbocycles. The second-order valence-electron chi connectivity index (χ2n) is 10.7. The van der Waals surface area contributed by atoms with Crippen LogP contribution in [0.2, 0.25) is 5.02 Å². The van der Waals surface area contributed by atoms with Crippen molar-refractivity contribution in [1.29, 1.82) is 0 Å². The Morgan fingerprint density at radius 2 is 1.86 bits per heavy atom. The fraction of sp³-hybridized carbons (Fsp3) is 0.630. The number of hydrogen-bond donors (Lipinski definition) is 2. The van der Waals surface area contributed by atoms with Gasteiger partial charge in [0.05, 0.1) is 16.5 Å². The number of rotatable bonds is 10. The minimum absolute atomic E-state index is 0.0451. The molecule has 2 aliphatic rings. The van der Waals surface area contributed by atoms with Gasteiger partial charge >= 0.3 is 0 Å². The van der Waals surface area contributed by atoms with Gasteiger partial charge in [0, 0.05) is 55.6 Å². The van der Waals surface area contributed by atoms with Gasteiger partial charge in [-0.05, 0) is 81.9 Å². The maximum atomic E-state index is 14.5. The van der Waals surface area contributed by atoms with E-state index in [4.69, 9.17) is 16.3 Å². The van der Waals surface area contributed by atoms with Gasteiger partial charge < -0.3 is 15.4 Å². The fourth-order valence-electron chi connectivity index (χ4n) is 5.43. The van der Waals surface area contributed by atoms with Crippen molar-refractivity contribution in [3.63, 3.8) is 0 Å². The van der Waals surface area contributed by atoms with Crippen LogP contribution in [0.1, 0.15) is 51.1 Å². The summed E-state index contributed by atoms with van der Waals surface area (Å²) in [5, 5.41) is 7.15. The Kier molecular flexibility index (Phi) is 9.78. The van der Waals surface area contributed by atoms with Gasteiger partial charge in [0.1, 0.15) is 9.84 Å². The molecule has 2 aromatic rings. The van der Waals surface area contributed by atoms with Crippen LogP contribution in [-0.2, 0) is 21.0 Å². The highest BCUT2D eigenvalue weighted by atomic mass is 35.5. The molecule has 0 bridgehead atoms. The van der Waals surface area contributed by atoms with Crippen molar-refractivity contribution in [3.05, 3.63) is 40.9 Å². The van der Waals surface area contributed by atoms with Gasteiger partial charge in [0.25, 0.3) is 0 Å². The molecular formula is C27H38ClFN4O3S. The lowest BCUT2D eigenvalue weighted by atomic mass is 9.83. The summed E-state index contributed by atoms with van der Waals surface area (Å²) in [4.78, 5) is 9.12. The van der Waals surface area contributed by atoms with E-state index in [0.717, 1.165) is 69.4 Å². The smallest absolute Gasteiger partial charge is 0.165 e. The van der Waals surface area contributed by atoms with E-state index in [0.29, 0.717) is 35.1 Å². The van der Waals surface area contributed by atoms with Crippen LogP contribution in [0, 0.1) is 17.7 Å². The van der Waals surface area contributed by atoms with E-state index in [9.17, 15) is 12.8 Å². The monoisotopic (exact) mass is 552 g/mol. The van der Waals surface area contributed by atoms with E-state index in [1.807, 2.05) is 13.0 Å². The Hall–Kier alpha value is -1.81. The van der Waals surface area contributed by atoms with Crippen molar-refractivity contribution >= 4 is 27.3 Å². The summed E-state index contributed by atoms with van der Waals surface area (Å²) >= 11 is 6.50. The van der Waals surface area contributed by atoms with Crippen LogP contribution in [0.4, 0.5) is 10.2 Å². The average Bonchev–Trinajstić information content (AvgIpc) is 2.85. The zero-order valence-corrected chi connectivity index (χ0v) is 23.3. The maximum absolute atomic E-state index is 14.5. The Morgan fingerprint density at radius 1 is 1.14 bits per heavy atom. The summed E-state index contributed by atoms with van der Waals surface area (Å²) in [5.74, 6) is 0.978. The molecule has 1 saturated carbocycles. The molecule has 1 aliphatic heterocycles. The number of halogens is 2. The lowest BCUT2D eigenvalue weighted by Crippen LogP contribution is -2.42. The van der Waals surface area contributed by atoms with Crippen molar-refractivity contribution in [2.24, 2.45) is 11.8 Å².